The highest BCUT2D eigenvalue weighted by molar-refractivity contribution is 5.49. The van der Waals surface area contributed by atoms with Crippen LogP contribution >= 0.6 is 0 Å². The fourth-order valence-corrected chi connectivity index (χ4v) is 2.71. The molecule has 2 aromatic rings. The zero-order chi connectivity index (χ0) is 13.2. The Kier molecular flexibility index (Phi) is 3.38. The minimum absolute atomic E-state index is 0.381. The van der Waals surface area contributed by atoms with Gasteiger partial charge < -0.3 is 10.1 Å². The second-order valence-corrected chi connectivity index (χ2v) is 5.14. The van der Waals surface area contributed by atoms with E-state index in [0.29, 0.717) is 18.0 Å². The summed E-state index contributed by atoms with van der Waals surface area (Å²) in [5.74, 6) is 1.27. The maximum atomic E-state index is 5.70. The normalized spacial score (nSPS) is 23.1. The number of fused-ring (bicyclic) bond motifs is 1. The quantitative estimate of drug-likeness (QED) is 0.916. The van der Waals surface area contributed by atoms with Gasteiger partial charge in [-0.05, 0) is 31.4 Å². The van der Waals surface area contributed by atoms with Crippen LogP contribution in [-0.2, 0) is 4.74 Å². The summed E-state index contributed by atoms with van der Waals surface area (Å²) in [4.78, 5) is 4.52. The van der Waals surface area contributed by atoms with Crippen molar-refractivity contribution in [3.05, 3.63) is 23.9 Å². The van der Waals surface area contributed by atoms with Crippen molar-refractivity contribution < 1.29 is 4.74 Å². The van der Waals surface area contributed by atoms with Gasteiger partial charge in [-0.1, -0.05) is 13.0 Å². The molecule has 0 aliphatic carbocycles. The fourth-order valence-electron chi connectivity index (χ4n) is 2.71. The van der Waals surface area contributed by atoms with Gasteiger partial charge in [0.1, 0.15) is 0 Å². The van der Waals surface area contributed by atoms with Crippen molar-refractivity contribution in [2.24, 2.45) is 5.92 Å². The summed E-state index contributed by atoms with van der Waals surface area (Å²) in [5, 5.41) is 7.78. The molecule has 1 fully saturated rings. The molecule has 2 atom stereocenters. The Hall–Kier alpha value is -1.62. The van der Waals surface area contributed by atoms with Gasteiger partial charge in [0.2, 0.25) is 5.95 Å². The van der Waals surface area contributed by atoms with Crippen molar-refractivity contribution in [2.75, 3.05) is 18.5 Å². The Morgan fingerprint density at radius 1 is 1.53 bits per heavy atom. The molecule has 3 heterocycles. The Morgan fingerprint density at radius 2 is 2.42 bits per heavy atom. The highest BCUT2D eigenvalue weighted by Gasteiger charge is 2.26. The number of ether oxygens (including phenoxy) is 1. The van der Waals surface area contributed by atoms with Gasteiger partial charge in [-0.15, -0.1) is 5.10 Å². The van der Waals surface area contributed by atoms with Crippen molar-refractivity contribution in [3.63, 3.8) is 0 Å². The lowest BCUT2D eigenvalue weighted by Gasteiger charge is -2.16. The van der Waals surface area contributed by atoms with E-state index in [9.17, 15) is 0 Å². The largest absolute Gasteiger partial charge is 0.378 e. The molecule has 0 radical (unpaired) electrons. The molecule has 1 aliphatic rings. The molecule has 2 aromatic heterocycles. The molecule has 0 saturated carbocycles. The molecule has 1 saturated heterocycles. The van der Waals surface area contributed by atoms with Gasteiger partial charge in [0.05, 0.1) is 6.10 Å². The number of nitrogens with one attached hydrogen (secondary N) is 1. The van der Waals surface area contributed by atoms with E-state index in [0.717, 1.165) is 37.2 Å². The molecule has 19 heavy (non-hydrogen) atoms. The zero-order valence-electron chi connectivity index (χ0n) is 11.5. The lowest BCUT2D eigenvalue weighted by atomic mass is 10.00. The summed E-state index contributed by atoms with van der Waals surface area (Å²) in [6.07, 6.45) is 4.50. The molecule has 1 N–H and O–H groups in total. The van der Waals surface area contributed by atoms with Crippen molar-refractivity contribution >= 4 is 11.6 Å². The van der Waals surface area contributed by atoms with Gasteiger partial charge in [0.15, 0.2) is 5.65 Å². The standard InChI is InChI=1S/C14H20N4O/c1-3-12-11(6-8-19-12)9-15-14-16-13-10(2)5-4-7-18(13)17-14/h4-5,7,11-12H,3,6,8-9H2,1-2H3,(H,15,17). The van der Waals surface area contributed by atoms with E-state index in [1.165, 1.54) is 0 Å². The number of hydrogen-bond donors (Lipinski definition) is 1. The maximum absolute atomic E-state index is 5.70. The third-order valence-corrected chi connectivity index (χ3v) is 3.83. The summed E-state index contributed by atoms with van der Waals surface area (Å²) < 4.78 is 7.51. The topological polar surface area (TPSA) is 51.5 Å². The van der Waals surface area contributed by atoms with Crippen LogP contribution in [0.5, 0.6) is 0 Å². The summed E-state index contributed by atoms with van der Waals surface area (Å²) >= 11 is 0. The number of rotatable bonds is 4. The predicted molar refractivity (Wildman–Crippen MR) is 74.4 cm³/mol. The van der Waals surface area contributed by atoms with Crippen molar-refractivity contribution in [3.8, 4) is 0 Å². The summed E-state index contributed by atoms with van der Waals surface area (Å²) in [5.41, 5.74) is 2.05. The SMILES string of the molecule is CCC1OCCC1CNc1nc2c(C)cccn2n1. The average molecular weight is 260 g/mol. The van der Waals surface area contributed by atoms with Crippen molar-refractivity contribution in [1.82, 2.24) is 14.6 Å². The molecule has 1 aliphatic heterocycles. The molecular weight excluding hydrogens is 240 g/mol. The first-order valence-electron chi connectivity index (χ1n) is 6.95. The summed E-state index contributed by atoms with van der Waals surface area (Å²) in [7, 11) is 0. The lowest BCUT2D eigenvalue weighted by Crippen LogP contribution is -2.23. The highest BCUT2D eigenvalue weighted by atomic mass is 16.5. The molecule has 2 unspecified atom stereocenters. The van der Waals surface area contributed by atoms with Crippen LogP contribution in [0.2, 0.25) is 0 Å². The summed E-state index contributed by atoms with van der Waals surface area (Å²) in [6.45, 7) is 5.98. The van der Waals surface area contributed by atoms with Gasteiger partial charge in [-0.2, -0.15) is 4.98 Å². The fraction of sp³-hybridized carbons (Fsp3) is 0.571. The molecule has 5 nitrogen and oxygen atoms in total. The predicted octanol–water partition coefficient (Wildman–Crippen LogP) is 2.26. The van der Waals surface area contributed by atoms with Crippen molar-refractivity contribution in [2.45, 2.75) is 32.8 Å². The van der Waals surface area contributed by atoms with Crippen LogP contribution in [0.1, 0.15) is 25.3 Å². The van der Waals surface area contributed by atoms with Crippen LogP contribution < -0.4 is 5.32 Å². The molecule has 0 bridgehead atoms. The number of aromatic nitrogens is 3. The Balaban J connectivity index is 1.70. The first kappa shape index (κ1) is 12.4. The first-order valence-corrected chi connectivity index (χ1v) is 6.95. The van der Waals surface area contributed by atoms with E-state index >= 15 is 0 Å². The van der Waals surface area contributed by atoms with Crippen molar-refractivity contribution in [1.29, 1.82) is 0 Å². The van der Waals surface area contributed by atoms with E-state index in [2.05, 4.69) is 22.3 Å². The third kappa shape index (κ3) is 2.42. The van der Waals surface area contributed by atoms with Crippen LogP contribution in [0.25, 0.3) is 5.65 Å². The Labute approximate surface area is 113 Å². The number of nitrogens with zero attached hydrogens (tertiary/aromatic N) is 3. The number of aryl methyl sites for hydroxylation is 1. The number of anilines is 1. The Morgan fingerprint density at radius 3 is 3.21 bits per heavy atom. The summed E-state index contributed by atoms with van der Waals surface area (Å²) in [6, 6.07) is 4.03. The van der Waals surface area contributed by atoms with Gasteiger partial charge in [0, 0.05) is 25.3 Å². The number of pyridine rings is 1. The van der Waals surface area contributed by atoms with Gasteiger partial charge in [0.25, 0.3) is 0 Å². The molecule has 0 amide bonds. The minimum Gasteiger partial charge on any atom is -0.378 e. The maximum Gasteiger partial charge on any atom is 0.243 e. The van der Waals surface area contributed by atoms with Crippen LogP contribution in [0.4, 0.5) is 5.95 Å². The molecule has 5 heteroatoms. The molecule has 3 rings (SSSR count). The van der Waals surface area contributed by atoms with Crippen LogP contribution in [0.15, 0.2) is 18.3 Å². The molecule has 102 valence electrons. The molecule has 0 aromatic carbocycles. The average Bonchev–Trinajstić information content (AvgIpc) is 3.02. The van der Waals surface area contributed by atoms with Gasteiger partial charge in [-0.25, -0.2) is 4.52 Å². The van der Waals surface area contributed by atoms with Crippen LogP contribution in [-0.4, -0.2) is 33.9 Å². The van der Waals surface area contributed by atoms with E-state index in [1.54, 1.807) is 0 Å². The lowest BCUT2D eigenvalue weighted by molar-refractivity contribution is 0.0900. The second-order valence-electron chi connectivity index (χ2n) is 5.14. The zero-order valence-corrected chi connectivity index (χ0v) is 11.5. The monoisotopic (exact) mass is 260 g/mol. The second kappa shape index (κ2) is 5.17. The first-order chi connectivity index (χ1) is 9.28. The van der Waals surface area contributed by atoms with E-state index in [1.807, 2.05) is 29.8 Å². The smallest absolute Gasteiger partial charge is 0.243 e. The van der Waals surface area contributed by atoms with Crippen LogP contribution in [0, 0.1) is 12.8 Å². The van der Waals surface area contributed by atoms with Gasteiger partial charge >= 0.3 is 0 Å². The Bertz CT molecular complexity index is 566. The highest BCUT2D eigenvalue weighted by Crippen LogP contribution is 2.23. The third-order valence-electron chi connectivity index (χ3n) is 3.83. The molecule has 0 spiro atoms. The minimum atomic E-state index is 0.381. The van der Waals surface area contributed by atoms with Gasteiger partial charge in [-0.3, -0.25) is 0 Å². The van der Waals surface area contributed by atoms with E-state index in [4.69, 9.17) is 4.74 Å². The van der Waals surface area contributed by atoms with E-state index < -0.39 is 0 Å². The van der Waals surface area contributed by atoms with E-state index in [-0.39, 0.29) is 0 Å². The molecular formula is C14H20N4O. The van der Waals surface area contributed by atoms with Crippen LogP contribution in [0.3, 0.4) is 0 Å². The number of hydrogen-bond acceptors (Lipinski definition) is 4.